The molecule has 0 radical (unpaired) electrons. The highest BCUT2D eigenvalue weighted by Gasteiger charge is 2.51. The highest BCUT2D eigenvalue weighted by Crippen LogP contribution is 2.55. The lowest BCUT2D eigenvalue weighted by atomic mass is 9.63. The normalized spacial score (nSPS) is 25.8. The summed E-state index contributed by atoms with van der Waals surface area (Å²) in [6.45, 7) is 1.48. The predicted octanol–water partition coefficient (Wildman–Crippen LogP) is 4.52. The molecule has 2 N–H and O–H groups in total. The lowest BCUT2D eigenvalue weighted by Gasteiger charge is -2.39. The van der Waals surface area contributed by atoms with E-state index in [1.165, 1.54) is 25.1 Å². The monoisotopic (exact) mass is 422 g/mol. The molecule has 4 nitrogen and oxygen atoms in total. The van der Waals surface area contributed by atoms with Crippen LogP contribution in [-0.2, 0) is 9.59 Å². The van der Waals surface area contributed by atoms with Crippen molar-refractivity contribution in [3.05, 3.63) is 58.4 Å². The minimum atomic E-state index is -1.54. The third-order valence-corrected chi connectivity index (χ3v) is 5.65. The van der Waals surface area contributed by atoms with Gasteiger partial charge in [0.1, 0.15) is 5.82 Å². The van der Waals surface area contributed by atoms with Gasteiger partial charge in [0.2, 0.25) is 0 Å². The fraction of sp³-hybridized carbons (Fsp3) is 0.400. The Morgan fingerprint density at radius 2 is 1.92 bits per heavy atom. The minimum Gasteiger partial charge on any atom is -0.481 e. The zero-order valence-electron chi connectivity index (χ0n) is 14.3. The van der Waals surface area contributed by atoms with Crippen LogP contribution in [-0.4, -0.2) is 27.5 Å². The van der Waals surface area contributed by atoms with Crippen molar-refractivity contribution in [2.45, 2.75) is 32.1 Å². The van der Waals surface area contributed by atoms with Gasteiger partial charge in [0.25, 0.3) is 0 Å². The molecule has 0 spiro atoms. The standard InChI is InChI=1S/C20H20BrFO4/c1-20(19(25)26)10-12(8-9-21)15(11-6-7-11)16(18(23)24)17(20)13-4-2-3-5-14(13)22/h2-5,10-11,17H,6-9H2,1H3,(H,23,24)(H,25,26). The van der Waals surface area contributed by atoms with E-state index in [0.29, 0.717) is 17.3 Å². The van der Waals surface area contributed by atoms with E-state index in [9.17, 15) is 24.2 Å². The molecule has 0 amide bonds. The number of alkyl halides is 1. The van der Waals surface area contributed by atoms with Crippen molar-refractivity contribution >= 4 is 27.9 Å². The molecule has 2 atom stereocenters. The molecular formula is C20H20BrFO4. The summed E-state index contributed by atoms with van der Waals surface area (Å²) in [4.78, 5) is 24.4. The Bertz CT molecular complexity index is 825. The van der Waals surface area contributed by atoms with E-state index < -0.39 is 29.1 Å². The molecule has 1 aromatic carbocycles. The maximum absolute atomic E-state index is 14.6. The summed E-state index contributed by atoms with van der Waals surface area (Å²) in [5.41, 5.74) is 0.0532. The van der Waals surface area contributed by atoms with Gasteiger partial charge in [0, 0.05) is 16.8 Å². The number of carboxylic acid groups (broad SMARTS) is 2. The van der Waals surface area contributed by atoms with Crippen LogP contribution in [0.1, 0.15) is 37.7 Å². The maximum Gasteiger partial charge on any atom is 0.332 e. The van der Waals surface area contributed by atoms with Gasteiger partial charge < -0.3 is 10.2 Å². The van der Waals surface area contributed by atoms with Crippen LogP contribution in [0.5, 0.6) is 0 Å². The second kappa shape index (κ2) is 6.99. The van der Waals surface area contributed by atoms with Gasteiger partial charge in [-0.15, -0.1) is 0 Å². The number of benzene rings is 1. The zero-order chi connectivity index (χ0) is 19.1. The van der Waals surface area contributed by atoms with Gasteiger partial charge in [-0.05, 0) is 54.9 Å². The Hall–Kier alpha value is -1.95. The number of rotatable bonds is 6. The van der Waals surface area contributed by atoms with Gasteiger partial charge in [-0.1, -0.05) is 40.2 Å². The average molecular weight is 423 g/mol. The second-order valence-corrected chi connectivity index (χ2v) is 7.85. The van der Waals surface area contributed by atoms with Crippen LogP contribution in [0.4, 0.5) is 4.39 Å². The minimum absolute atomic E-state index is 0.0287. The molecule has 2 unspecified atom stereocenters. The van der Waals surface area contributed by atoms with Crippen molar-refractivity contribution in [2.75, 3.05) is 5.33 Å². The SMILES string of the molecule is CC1(C(=O)O)C=C(CCBr)C(C2CC2)=C(C(=O)O)C1c1ccccc1F. The summed E-state index contributed by atoms with van der Waals surface area (Å²) >= 11 is 3.37. The fourth-order valence-corrected chi connectivity index (χ4v) is 4.35. The molecule has 0 bridgehead atoms. The van der Waals surface area contributed by atoms with Crippen molar-refractivity contribution in [1.29, 1.82) is 0 Å². The van der Waals surface area contributed by atoms with Gasteiger partial charge in [0.15, 0.2) is 0 Å². The van der Waals surface area contributed by atoms with E-state index in [4.69, 9.17) is 0 Å². The van der Waals surface area contributed by atoms with Crippen molar-refractivity contribution < 1.29 is 24.2 Å². The van der Waals surface area contributed by atoms with Crippen LogP contribution in [0, 0.1) is 17.2 Å². The Kier molecular flexibility index (Phi) is 5.06. The van der Waals surface area contributed by atoms with Crippen molar-refractivity contribution in [1.82, 2.24) is 0 Å². The average Bonchev–Trinajstić information content (AvgIpc) is 3.40. The number of carboxylic acids is 2. The molecule has 0 aromatic heterocycles. The van der Waals surface area contributed by atoms with Crippen molar-refractivity contribution in [3.63, 3.8) is 0 Å². The quantitative estimate of drug-likeness (QED) is 0.660. The fourth-order valence-electron chi connectivity index (χ4n) is 3.93. The van der Waals surface area contributed by atoms with Crippen molar-refractivity contribution in [3.8, 4) is 0 Å². The summed E-state index contributed by atoms with van der Waals surface area (Å²) in [5, 5.41) is 20.5. The third-order valence-electron chi connectivity index (χ3n) is 5.26. The summed E-state index contributed by atoms with van der Waals surface area (Å²) in [7, 11) is 0. The van der Waals surface area contributed by atoms with Crippen LogP contribution in [0.3, 0.4) is 0 Å². The number of halogens is 2. The Morgan fingerprint density at radius 3 is 2.42 bits per heavy atom. The molecule has 1 fully saturated rings. The van der Waals surface area contributed by atoms with Gasteiger partial charge in [-0.2, -0.15) is 0 Å². The first-order valence-corrected chi connectivity index (χ1v) is 9.66. The molecule has 2 aliphatic carbocycles. The zero-order valence-corrected chi connectivity index (χ0v) is 15.9. The summed E-state index contributed by atoms with van der Waals surface area (Å²) in [6.07, 6.45) is 3.93. The van der Waals surface area contributed by atoms with Crippen LogP contribution >= 0.6 is 15.9 Å². The molecular weight excluding hydrogens is 403 g/mol. The lowest BCUT2D eigenvalue weighted by molar-refractivity contribution is -0.146. The van der Waals surface area contributed by atoms with Crippen LogP contribution in [0.2, 0.25) is 0 Å². The molecule has 6 heteroatoms. The second-order valence-electron chi connectivity index (χ2n) is 7.06. The molecule has 26 heavy (non-hydrogen) atoms. The van der Waals surface area contributed by atoms with E-state index in [2.05, 4.69) is 15.9 Å². The Balaban J connectivity index is 2.32. The van der Waals surface area contributed by atoms with Gasteiger partial charge >= 0.3 is 11.9 Å². The summed E-state index contributed by atoms with van der Waals surface area (Å²) < 4.78 is 14.6. The maximum atomic E-state index is 14.6. The van der Waals surface area contributed by atoms with E-state index in [1.807, 2.05) is 0 Å². The lowest BCUT2D eigenvalue weighted by Crippen LogP contribution is -2.39. The Morgan fingerprint density at radius 1 is 1.27 bits per heavy atom. The highest BCUT2D eigenvalue weighted by atomic mass is 79.9. The molecule has 1 saturated carbocycles. The van der Waals surface area contributed by atoms with Crippen LogP contribution in [0.25, 0.3) is 0 Å². The molecule has 138 valence electrons. The number of hydrogen-bond acceptors (Lipinski definition) is 2. The topological polar surface area (TPSA) is 74.6 Å². The van der Waals surface area contributed by atoms with E-state index in [-0.39, 0.29) is 17.1 Å². The van der Waals surface area contributed by atoms with Gasteiger partial charge in [-0.3, -0.25) is 4.79 Å². The largest absolute Gasteiger partial charge is 0.481 e. The molecule has 1 aromatic rings. The predicted molar refractivity (Wildman–Crippen MR) is 98.8 cm³/mol. The van der Waals surface area contributed by atoms with Crippen LogP contribution < -0.4 is 0 Å². The van der Waals surface area contributed by atoms with E-state index in [0.717, 1.165) is 18.4 Å². The van der Waals surface area contributed by atoms with E-state index >= 15 is 0 Å². The summed E-state index contributed by atoms with van der Waals surface area (Å²) in [5.74, 6) is -3.89. The summed E-state index contributed by atoms with van der Waals surface area (Å²) in [6, 6.07) is 5.84. The molecule has 0 aliphatic heterocycles. The van der Waals surface area contributed by atoms with Gasteiger partial charge in [-0.25, -0.2) is 9.18 Å². The number of hydrogen-bond donors (Lipinski definition) is 2. The van der Waals surface area contributed by atoms with Crippen LogP contribution in [0.15, 0.2) is 47.1 Å². The first kappa shape index (κ1) is 18.8. The number of aliphatic carboxylic acids is 2. The number of carbonyl (C=O) groups is 2. The number of allylic oxidation sites excluding steroid dienone is 2. The Labute approximate surface area is 159 Å². The van der Waals surface area contributed by atoms with Crippen molar-refractivity contribution in [2.24, 2.45) is 11.3 Å². The molecule has 0 heterocycles. The first-order chi connectivity index (χ1) is 12.3. The highest BCUT2D eigenvalue weighted by molar-refractivity contribution is 9.09. The molecule has 3 rings (SSSR count). The molecule has 2 aliphatic rings. The van der Waals surface area contributed by atoms with Gasteiger partial charge in [0.05, 0.1) is 5.41 Å². The van der Waals surface area contributed by atoms with E-state index in [1.54, 1.807) is 12.1 Å². The first-order valence-electron chi connectivity index (χ1n) is 8.54. The molecule has 0 saturated heterocycles. The third kappa shape index (κ3) is 3.11. The smallest absolute Gasteiger partial charge is 0.332 e.